The van der Waals surface area contributed by atoms with Gasteiger partial charge in [0.1, 0.15) is 11.5 Å². The van der Waals surface area contributed by atoms with Crippen molar-refractivity contribution in [3.05, 3.63) is 51.9 Å². The molecule has 8 heteroatoms. The summed E-state index contributed by atoms with van der Waals surface area (Å²) in [6.07, 6.45) is 2.61. The first-order valence-electron chi connectivity index (χ1n) is 9.26. The standard InChI is InChI=1S/C21H19NO6S/c23-19(22-7-5-13(6-8-22)21(25)26)12-27-14-3-4-16-17(10-14)28-18(20(16)24)11-15-2-1-9-29-15/h1-4,9-11,13H,5-8,12H2,(H,25,26). The Kier molecular flexibility index (Phi) is 5.35. The molecule has 4 rings (SSSR count). The Balaban J connectivity index is 1.36. The van der Waals surface area contributed by atoms with E-state index in [-0.39, 0.29) is 30.0 Å². The summed E-state index contributed by atoms with van der Waals surface area (Å²) in [7, 11) is 0. The number of likely N-dealkylation sites (tertiary alicyclic amines) is 1. The Labute approximate surface area is 171 Å². The molecule has 0 unspecified atom stereocenters. The van der Waals surface area contributed by atoms with E-state index in [0.717, 1.165) is 4.88 Å². The SMILES string of the molecule is O=C1C(=Cc2cccs2)Oc2cc(OCC(=O)N3CCC(C(=O)O)CC3)ccc21. The largest absolute Gasteiger partial charge is 0.484 e. The Morgan fingerprint density at radius 3 is 2.76 bits per heavy atom. The van der Waals surface area contributed by atoms with Crippen LogP contribution in [0.3, 0.4) is 0 Å². The van der Waals surface area contributed by atoms with Crippen LogP contribution in [0.2, 0.25) is 0 Å². The molecule has 1 amide bonds. The molecule has 1 fully saturated rings. The average Bonchev–Trinajstić information content (AvgIpc) is 3.34. The highest BCUT2D eigenvalue weighted by molar-refractivity contribution is 7.10. The van der Waals surface area contributed by atoms with Crippen molar-refractivity contribution in [2.24, 2.45) is 5.92 Å². The number of rotatable bonds is 5. The lowest BCUT2D eigenvalue weighted by atomic mass is 9.97. The zero-order valence-electron chi connectivity index (χ0n) is 15.5. The van der Waals surface area contributed by atoms with Gasteiger partial charge >= 0.3 is 5.97 Å². The first-order chi connectivity index (χ1) is 14.0. The van der Waals surface area contributed by atoms with Crippen molar-refractivity contribution in [3.8, 4) is 11.5 Å². The third-order valence-electron chi connectivity index (χ3n) is 5.02. The number of piperidine rings is 1. The fourth-order valence-corrected chi connectivity index (χ4v) is 4.02. The zero-order valence-corrected chi connectivity index (χ0v) is 16.3. The van der Waals surface area contributed by atoms with Crippen LogP contribution >= 0.6 is 11.3 Å². The van der Waals surface area contributed by atoms with Gasteiger partial charge in [-0.25, -0.2) is 0 Å². The topological polar surface area (TPSA) is 93.1 Å². The monoisotopic (exact) mass is 413 g/mol. The molecule has 1 aromatic carbocycles. The molecule has 7 nitrogen and oxygen atoms in total. The van der Waals surface area contributed by atoms with Crippen molar-refractivity contribution in [1.82, 2.24) is 4.90 Å². The summed E-state index contributed by atoms with van der Waals surface area (Å²) in [6, 6.07) is 8.67. The minimum absolute atomic E-state index is 0.150. The predicted molar refractivity (Wildman–Crippen MR) is 106 cm³/mol. The molecule has 0 aliphatic carbocycles. The number of thiophene rings is 1. The molecular formula is C21H19NO6S. The second kappa shape index (κ2) is 8.08. The lowest BCUT2D eigenvalue weighted by molar-refractivity contribution is -0.146. The molecule has 150 valence electrons. The number of ether oxygens (including phenoxy) is 2. The van der Waals surface area contributed by atoms with Crippen LogP contribution in [-0.2, 0) is 9.59 Å². The molecule has 2 aromatic rings. The number of benzene rings is 1. The highest BCUT2D eigenvalue weighted by Crippen LogP contribution is 2.35. The molecular weight excluding hydrogens is 394 g/mol. The van der Waals surface area contributed by atoms with Crippen molar-refractivity contribution in [2.75, 3.05) is 19.7 Å². The normalized spacial score (nSPS) is 17.9. The number of amides is 1. The van der Waals surface area contributed by atoms with Gasteiger partial charge in [-0.1, -0.05) is 6.07 Å². The van der Waals surface area contributed by atoms with E-state index in [0.29, 0.717) is 43.0 Å². The van der Waals surface area contributed by atoms with Gasteiger partial charge in [0.2, 0.25) is 5.78 Å². The molecule has 3 heterocycles. The number of fused-ring (bicyclic) bond motifs is 1. The number of ketones is 1. The molecule has 0 saturated carbocycles. The van der Waals surface area contributed by atoms with Crippen LogP contribution in [0.15, 0.2) is 41.5 Å². The van der Waals surface area contributed by atoms with E-state index in [2.05, 4.69) is 0 Å². The summed E-state index contributed by atoms with van der Waals surface area (Å²) in [5, 5.41) is 11.0. The van der Waals surface area contributed by atoms with Crippen LogP contribution in [-0.4, -0.2) is 47.4 Å². The van der Waals surface area contributed by atoms with Crippen LogP contribution in [0.5, 0.6) is 11.5 Å². The Morgan fingerprint density at radius 1 is 1.28 bits per heavy atom. The van der Waals surface area contributed by atoms with E-state index < -0.39 is 5.97 Å². The first-order valence-corrected chi connectivity index (χ1v) is 10.1. The average molecular weight is 413 g/mol. The molecule has 1 aromatic heterocycles. The number of nitrogens with zero attached hydrogens (tertiary/aromatic N) is 1. The molecule has 0 spiro atoms. The maximum Gasteiger partial charge on any atom is 0.306 e. The summed E-state index contributed by atoms with van der Waals surface area (Å²) < 4.78 is 11.3. The summed E-state index contributed by atoms with van der Waals surface area (Å²) in [6.45, 7) is 0.679. The number of Topliss-reactive ketones (excluding diaryl/α,β-unsaturated/α-hetero) is 1. The molecule has 1 saturated heterocycles. The maximum atomic E-state index is 12.4. The number of carbonyl (C=O) groups excluding carboxylic acids is 2. The van der Waals surface area contributed by atoms with E-state index >= 15 is 0 Å². The summed E-state index contributed by atoms with van der Waals surface area (Å²) >= 11 is 1.51. The number of hydrogen-bond acceptors (Lipinski definition) is 6. The smallest absolute Gasteiger partial charge is 0.306 e. The number of carboxylic acids is 1. The van der Waals surface area contributed by atoms with E-state index in [4.69, 9.17) is 14.6 Å². The lowest BCUT2D eigenvalue weighted by Gasteiger charge is -2.30. The number of aliphatic carboxylic acids is 1. The van der Waals surface area contributed by atoms with Crippen LogP contribution < -0.4 is 9.47 Å². The van der Waals surface area contributed by atoms with Crippen molar-refractivity contribution < 1.29 is 29.0 Å². The number of carboxylic acid groups (broad SMARTS) is 1. The summed E-state index contributed by atoms with van der Waals surface area (Å²) in [4.78, 5) is 38.3. The molecule has 1 N–H and O–H groups in total. The van der Waals surface area contributed by atoms with Gasteiger partial charge in [0.05, 0.1) is 11.5 Å². The maximum absolute atomic E-state index is 12.4. The fraction of sp³-hybridized carbons (Fsp3) is 0.286. The number of allylic oxidation sites excluding steroid dienone is 1. The first kappa shape index (κ1) is 19.2. The van der Waals surface area contributed by atoms with E-state index in [9.17, 15) is 14.4 Å². The Morgan fingerprint density at radius 2 is 2.07 bits per heavy atom. The second-order valence-electron chi connectivity index (χ2n) is 6.90. The molecule has 2 aliphatic rings. The van der Waals surface area contributed by atoms with Gasteiger partial charge in [-0.2, -0.15) is 0 Å². The van der Waals surface area contributed by atoms with E-state index in [1.165, 1.54) is 11.3 Å². The van der Waals surface area contributed by atoms with Crippen molar-refractivity contribution in [1.29, 1.82) is 0 Å². The quantitative estimate of drug-likeness (QED) is 0.758. The van der Waals surface area contributed by atoms with Crippen molar-refractivity contribution in [2.45, 2.75) is 12.8 Å². The minimum Gasteiger partial charge on any atom is -0.484 e. The third-order valence-corrected chi connectivity index (χ3v) is 5.84. The highest BCUT2D eigenvalue weighted by Gasteiger charge is 2.29. The molecule has 29 heavy (non-hydrogen) atoms. The second-order valence-corrected chi connectivity index (χ2v) is 7.87. The van der Waals surface area contributed by atoms with Gasteiger partial charge in [-0.3, -0.25) is 14.4 Å². The van der Waals surface area contributed by atoms with Gasteiger partial charge in [-0.05, 0) is 36.4 Å². The summed E-state index contributed by atoms with van der Waals surface area (Å²) in [5.74, 6) is -0.469. The van der Waals surface area contributed by atoms with Crippen molar-refractivity contribution in [3.63, 3.8) is 0 Å². The fourth-order valence-electron chi connectivity index (χ4n) is 3.37. The van der Waals surface area contributed by atoms with Crippen LogP contribution in [0, 0.1) is 5.92 Å². The number of hydrogen-bond donors (Lipinski definition) is 1. The molecule has 0 bridgehead atoms. The van der Waals surface area contributed by atoms with Gasteiger partial charge in [0.25, 0.3) is 5.91 Å². The minimum atomic E-state index is -0.812. The van der Waals surface area contributed by atoms with E-state index in [1.54, 1.807) is 29.2 Å². The van der Waals surface area contributed by atoms with Gasteiger partial charge in [0, 0.05) is 30.1 Å². The highest BCUT2D eigenvalue weighted by atomic mass is 32.1. The Bertz CT molecular complexity index is 973. The van der Waals surface area contributed by atoms with Gasteiger partial charge < -0.3 is 19.5 Å². The predicted octanol–water partition coefficient (Wildman–Crippen LogP) is 3.07. The molecule has 0 atom stereocenters. The third kappa shape index (κ3) is 4.17. The zero-order chi connectivity index (χ0) is 20.4. The lowest BCUT2D eigenvalue weighted by Crippen LogP contribution is -2.42. The summed E-state index contributed by atoms with van der Waals surface area (Å²) in [5.41, 5.74) is 0.460. The van der Waals surface area contributed by atoms with Gasteiger partial charge in [-0.15, -0.1) is 11.3 Å². The molecule has 0 radical (unpaired) electrons. The molecule has 2 aliphatic heterocycles. The van der Waals surface area contributed by atoms with Crippen molar-refractivity contribution >= 4 is 35.1 Å². The van der Waals surface area contributed by atoms with Gasteiger partial charge in [0.15, 0.2) is 12.4 Å². The van der Waals surface area contributed by atoms with Crippen LogP contribution in [0.4, 0.5) is 0 Å². The number of carbonyl (C=O) groups is 3. The van der Waals surface area contributed by atoms with E-state index in [1.807, 2.05) is 17.5 Å². The van der Waals surface area contributed by atoms with Crippen LogP contribution in [0.25, 0.3) is 6.08 Å². The van der Waals surface area contributed by atoms with Crippen LogP contribution in [0.1, 0.15) is 28.1 Å². The Hall–Kier alpha value is -3.13.